The highest BCUT2D eigenvalue weighted by molar-refractivity contribution is 8.00. The van der Waals surface area contributed by atoms with E-state index >= 15 is 0 Å². The van der Waals surface area contributed by atoms with Crippen molar-refractivity contribution in [1.29, 1.82) is 0 Å². The summed E-state index contributed by atoms with van der Waals surface area (Å²) in [4.78, 5) is 71.8. The monoisotopic (exact) mass is 593 g/mol. The first kappa shape index (κ1) is 27.9. The zero-order valence-corrected chi connectivity index (χ0v) is 23.0. The van der Waals surface area contributed by atoms with Gasteiger partial charge in [0.25, 0.3) is 17.7 Å². The molecule has 0 aromatic carbocycles. The maximum Gasteiger partial charge on any atom is 0.352 e. The van der Waals surface area contributed by atoms with Crippen molar-refractivity contribution in [2.75, 3.05) is 44.3 Å². The third-order valence-corrected chi connectivity index (χ3v) is 10.1. The van der Waals surface area contributed by atoms with Crippen molar-refractivity contribution < 1.29 is 38.4 Å². The maximum absolute atomic E-state index is 13.2. The molecule has 1 aromatic rings. The number of primary amides is 2. The summed E-state index contributed by atoms with van der Waals surface area (Å²) in [5.74, 6) is -3.29. The number of β-lactam (4-membered cyclic amide) rings is 1. The number of quaternary nitrogens is 1. The van der Waals surface area contributed by atoms with Crippen LogP contribution in [0, 0.1) is 5.41 Å². The quantitative estimate of drug-likeness (QED) is 0.0879. The van der Waals surface area contributed by atoms with Crippen molar-refractivity contribution in [1.82, 2.24) is 15.2 Å². The number of amides is 4. The Bertz CT molecular complexity index is 1330. The first-order chi connectivity index (χ1) is 19.0. The number of anilines is 1. The smallest absolute Gasteiger partial charge is 0.352 e. The number of carbonyl (C=O) groups excluding carboxylic acids is 4. The lowest BCUT2D eigenvalue weighted by Crippen LogP contribution is -2.71. The van der Waals surface area contributed by atoms with Crippen molar-refractivity contribution in [3.8, 4) is 0 Å². The summed E-state index contributed by atoms with van der Waals surface area (Å²) >= 11 is 2.42. The van der Waals surface area contributed by atoms with Crippen molar-refractivity contribution in [2.45, 2.75) is 30.7 Å². The molecule has 17 heteroatoms. The SMILES string of the molecule is NC(=O)CO/N=C(\C(=O)N[C@@H]1C(=O)N2C(C(=O)O)=C(C[N+]34CCC(C(N)=O)(CC3)CC4)CS[C@H]12)c1csc(N)n1. The van der Waals surface area contributed by atoms with Gasteiger partial charge in [-0.2, -0.15) is 0 Å². The maximum atomic E-state index is 13.2. The second kappa shape index (κ2) is 10.4. The molecule has 0 unspecified atom stereocenters. The van der Waals surface area contributed by atoms with Gasteiger partial charge >= 0.3 is 5.97 Å². The van der Waals surface area contributed by atoms with Gasteiger partial charge in [0.1, 0.15) is 29.4 Å². The topological polar surface area (TPSA) is 233 Å². The molecule has 0 aliphatic carbocycles. The molecular weight excluding hydrogens is 564 g/mol. The number of thiazole rings is 1. The summed E-state index contributed by atoms with van der Waals surface area (Å²) < 4.78 is 0.663. The summed E-state index contributed by atoms with van der Waals surface area (Å²) in [7, 11) is 0. The van der Waals surface area contributed by atoms with E-state index in [9.17, 15) is 29.1 Å². The van der Waals surface area contributed by atoms with Gasteiger partial charge in [-0.15, -0.1) is 23.1 Å². The fourth-order valence-electron chi connectivity index (χ4n) is 5.85. The zero-order chi connectivity index (χ0) is 28.8. The minimum Gasteiger partial charge on any atom is -0.477 e. The Balaban J connectivity index is 1.31. The number of nitrogens with zero attached hydrogens (tertiary/aromatic N) is 4. The Kier molecular flexibility index (Phi) is 7.22. The van der Waals surface area contributed by atoms with E-state index in [0.29, 0.717) is 41.6 Å². The van der Waals surface area contributed by atoms with E-state index in [0.717, 1.165) is 31.0 Å². The number of oxime groups is 1. The lowest BCUT2D eigenvalue weighted by Gasteiger charge is -2.55. The summed E-state index contributed by atoms with van der Waals surface area (Å²) in [6, 6.07) is -1.01. The third kappa shape index (κ3) is 4.88. The van der Waals surface area contributed by atoms with Crippen molar-refractivity contribution in [3.63, 3.8) is 0 Å². The highest BCUT2D eigenvalue weighted by Crippen LogP contribution is 2.46. The minimum atomic E-state index is -1.21. The van der Waals surface area contributed by atoms with E-state index in [1.54, 1.807) is 0 Å². The number of nitrogen functional groups attached to an aromatic ring is 1. The average Bonchev–Trinajstić information content (AvgIpc) is 3.35. The molecular formula is C23H29N8O7S2+. The van der Waals surface area contributed by atoms with E-state index in [1.807, 2.05) is 0 Å². The van der Waals surface area contributed by atoms with E-state index in [-0.39, 0.29) is 28.1 Å². The van der Waals surface area contributed by atoms with Crippen LogP contribution in [0.4, 0.5) is 5.13 Å². The van der Waals surface area contributed by atoms with E-state index in [1.165, 1.54) is 22.0 Å². The van der Waals surface area contributed by atoms with Crippen LogP contribution in [-0.4, -0.2) is 105 Å². The molecule has 5 aliphatic heterocycles. The van der Waals surface area contributed by atoms with Gasteiger partial charge in [0, 0.05) is 36.0 Å². The number of aromatic nitrogens is 1. The van der Waals surface area contributed by atoms with Crippen LogP contribution in [0.2, 0.25) is 0 Å². The van der Waals surface area contributed by atoms with Crippen LogP contribution >= 0.6 is 23.1 Å². The number of fused-ring (bicyclic) bond motifs is 4. The lowest BCUT2D eigenvalue weighted by atomic mass is 9.70. The van der Waals surface area contributed by atoms with Gasteiger partial charge in [0.05, 0.1) is 25.0 Å². The Hall–Kier alpha value is -3.70. The van der Waals surface area contributed by atoms with Gasteiger partial charge in [-0.3, -0.25) is 24.1 Å². The number of nitrogens with two attached hydrogens (primary N) is 3. The Labute approximate surface area is 236 Å². The number of carboxylic acid groups (broad SMARTS) is 1. The van der Waals surface area contributed by atoms with Gasteiger partial charge in [0.15, 0.2) is 17.5 Å². The number of piperidine rings is 3. The molecule has 0 spiro atoms. The Morgan fingerprint density at radius 1 is 1.23 bits per heavy atom. The van der Waals surface area contributed by atoms with E-state index < -0.39 is 47.1 Å². The van der Waals surface area contributed by atoms with Crippen LogP contribution < -0.4 is 22.5 Å². The predicted octanol–water partition coefficient (Wildman–Crippen LogP) is -1.84. The van der Waals surface area contributed by atoms with Crippen molar-refractivity contribution in [2.24, 2.45) is 22.0 Å². The Morgan fingerprint density at radius 3 is 2.45 bits per heavy atom. The molecule has 2 bridgehead atoms. The minimum absolute atomic E-state index is 0.0602. The molecule has 4 amide bonds. The molecule has 4 saturated heterocycles. The number of nitrogens with one attached hydrogen (secondary N) is 1. The third-order valence-electron chi connectivity index (χ3n) is 8.12. The van der Waals surface area contributed by atoms with Crippen molar-refractivity contribution in [3.05, 3.63) is 22.3 Å². The number of carboxylic acids is 1. The van der Waals surface area contributed by atoms with Gasteiger partial charge in [-0.25, -0.2) is 9.78 Å². The summed E-state index contributed by atoms with van der Waals surface area (Å²) in [5, 5.41) is 17.4. The summed E-state index contributed by atoms with van der Waals surface area (Å²) in [6.45, 7) is 2.06. The van der Waals surface area contributed by atoms with Crippen LogP contribution in [0.1, 0.15) is 25.0 Å². The van der Waals surface area contributed by atoms with E-state index in [2.05, 4.69) is 15.5 Å². The largest absolute Gasteiger partial charge is 0.477 e. The molecule has 2 atom stereocenters. The normalized spacial score (nSPS) is 29.4. The van der Waals surface area contributed by atoms with Gasteiger partial charge in [-0.05, 0) is 0 Å². The molecule has 6 heterocycles. The zero-order valence-electron chi connectivity index (χ0n) is 21.3. The first-order valence-corrected chi connectivity index (χ1v) is 14.4. The Morgan fingerprint density at radius 2 is 1.90 bits per heavy atom. The number of hydrogen-bond acceptors (Lipinski definition) is 11. The molecule has 5 aliphatic rings. The number of aliphatic carboxylic acids is 1. The second-order valence-corrected chi connectivity index (χ2v) is 12.4. The molecule has 8 N–H and O–H groups in total. The standard InChI is InChI=1S/C23H28N8O7S2/c24-13(32)8-38-29-14(12-10-40-22(26)27-12)17(33)28-15-18(34)30-16(20(35)36)11(9-39-19(15)30)7-31-4-1-23(2-5-31,3-6-31)21(25)37/h10,15,19H,1-9H2,(H7-,24,25,26,27,28,32,33,35,36,37)/p+1/b29-14-/t15-,19-,23?,31?/m1/s1. The molecule has 214 valence electrons. The molecule has 0 saturated carbocycles. The number of hydrogen-bond donors (Lipinski definition) is 5. The number of rotatable bonds is 10. The van der Waals surface area contributed by atoms with Crippen LogP contribution in [0.25, 0.3) is 0 Å². The van der Waals surface area contributed by atoms with Crippen molar-refractivity contribution >= 4 is 63.5 Å². The fourth-order valence-corrected chi connectivity index (χ4v) is 7.73. The number of thioether (sulfide) groups is 1. The van der Waals surface area contributed by atoms with E-state index in [4.69, 9.17) is 22.0 Å². The van der Waals surface area contributed by atoms with Crippen LogP contribution in [0.15, 0.2) is 21.8 Å². The highest BCUT2D eigenvalue weighted by Gasteiger charge is 2.57. The second-order valence-electron chi connectivity index (χ2n) is 10.4. The molecule has 4 fully saturated rings. The van der Waals surface area contributed by atoms with Crippen LogP contribution in [-0.2, 0) is 28.8 Å². The lowest BCUT2D eigenvalue weighted by molar-refractivity contribution is -0.940. The predicted molar refractivity (Wildman–Crippen MR) is 143 cm³/mol. The first-order valence-electron chi connectivity index (χ1n) is 12.5. The molecule has 6 rings (SSSR count). The average molecular weight is 594 g/mol. The molecule has 1 aromatic heterocycles. The van der Waals surface area contributed by atoms with Gasteiger partial charge in [0.2, 0.25) is 5.91 Å². The van der Waals surface area contributed by atoms with Crippen LogP contribution in [0.3, 0.4) is 0 Å². The van der Waals surface area contributed by atoms with Crippen LogP contribution in [0.5, 0.6) is 0 Å². The van der Waals surface area contributed by atoms with Gasteiger partial charge in [-0.1, -0.05) is 5.16 Å². The molecule has 40 heavy (non-hydrogen) atoms. The fraction of sp³-hybridized carbons (Fsp3) is 0.522. The highest BCUT2D eigenvalue weighted by atomic mass is 32.2. The van der Waals surface area contributed by atoms with Gasteiger partial charge < -0.3 is 36.9 Å². The number of carbonyl (C=O) groups is 5. The summed E-state index contributed by atoms with van der Waals surface area (Å²) in [5.41, 5.74) is 16.3. The summed E-state index contributed by atoms with van der Waals surface area (Å²) in [6.07, 6.45) is 2.01. The molecule has 15 nitrogen and oxygen atoms in total. The molecule has 0 radical (unpaired) electrons.